The zero-order valence-electron chi connectivity index (χ0n) is 13.3. The molecule has 0 aliphatic heterocycles. The van der Waals surface area contributed by atoms with E-state index in [1.54, 1.807) is 25.3 Å². The zero-order chi connectivity index (χ0) is 17.0. The van der Waals surface area contributed by atoms with Crippen molar-refractivity contribution in [1.82, 2.24) is 15.1 Å². The molecule has 0 aliphatic carbocycles. The molecule has 3 rings (SSSR count). The van der Waals surface area contributed by atoms with E-state index in [2.05, 4.69) is 10.4 Å². The summed E-state index contributed by atoms with van der Waals surface area (Å²) < 4.78 is 1.83. The number of nitrogens with one attached hydrogen (secondary N) is 1. The smallest absolute Gasteiger partial charge is 0.251 e. The van der Waals surface area contributed by atoms with E-state index in [1.807, 2.05) is 45.9 Å². The second-order valence-corrected chi connectivity index (χ2v) is 6.65. The first kappa shape index (κ1) is 16.4. The van der Waals surface area contributed by atoms with Crippen LogP contribution in [0.2, 0.25) is 0 Å². The van der Waals surface area contributed by atoms with Crippen molar-refractivity contribution < 1.29 is 9.90 Å². The van der Waals surface area contributed by atoms with Gasteiger partial charge in [-0.15, -0.1) is 0 Å². The highest BCUT2D eigenvalue weighted by atomic mass is 32.1. The van der Waals surface area contributed by atoms with Gasteiger partial charge >= 0.3 is 0 Å². The number of aliphatic hydroxyl groups is 1. The van der Waals surface area contributed by atoms with Crippen molar-refractivity contribution in [1.29, 1.82) is 0 Å². The normalized spacial score (nSPS) is 13.4. The average Bonchev–Trinajstić information content (AvgIpc) is 3.27. The van der Waals surface area contributed by atoms with Crippen molar-refractivity contribution in [3.8, 4) is 0 Å². The molecule has 0 saturated carbocycles. The van der Waals surface area contributed by atoms with Crippen molar-refractivity contribution in [2.45, 2.75) is 19.1 Å². The summed E-state index contributed by atoms with van der Waals surface area (Å²) in [5.41, 5.74) is 1.37. The van der Waals surface area contributed by atoms with Gasteiger partial charge in [0.25, 0.3) is 5.91 Å². The maximum Gasteiger partial charge on any atom is 0.251 e. The number of benzene rings is 1. The molecular formula is C18H19N3O2S. The van der Waals surface area contributed by atoms with Crippen LogP contribution in [0, 0.1) is 0 Å². The summed E-state index contributed by atoms with van der Waals surface area (Å²) in [4.78, 5) is 12.3. The number of carbonyl (C=O) groups excluding carboxylic acids is 1. The summed E-state index contributed by atoms with van der Waals surface area (Å²) in [5.74, 6) is -0.198. The number of hydrogen-bond acceptors (Lipinski definition) is 4. The molecule has 0 radical (unpaired) electrons. The number of carbonyl (C=O) groups is 1. The van der Waals surface area contributed by atoms with Crippen molar-refractivity contribution in [2.75, 3.05) is 6.54 Å². The molecule has 0 bridgehead atoms. The van der Waals surface area contributed by atoms with E-state index in [9.17, 15) is 9.90 Å². The molecule has 0 unspecified atom stereocenters. The van der Waals surface area contributed by atoms with Crippen molar-refractivity contribution in [3.63, 3.8) is 0 Å². The number of nitrogens with zero attached hydrogens (tertiary/aromatic N) is 2. The molecule has 2 heterocycles. The van der Waals surface area contributed by atoms with Crippen molar-refractivity contribution in [3.05, 3.63) is 76.2 Å². The Balaban J connectivity index is 1.59. The Hall–Kier alpha value is -2.44. The molecule has 0 saturated heterocycles. The minimum atomic E-state index is -1.07. The van der Waals surface area contributed by atoms with Crippen LogP contribution in [0.25, 0.3) is 0 Å². The second kappa shape index (κ2) is 6.98. The molecule has 0 aliphatic rings. The van der Waals surface area contributed by atoms with Gasteiger partial charge in [-0.3, -0.25) is 9.48 Å². The van der Waals surface area contributed by atoms with E-state index >= 15 is 0 Å². The van der Waals surface area contributed by atoms with E-state index in [0.717, 1.165) is 11.1 Å². The highest BCUT2D eigenvalue weighted by Crippen LogP contribution is 2.22. The van der Waals surface area contributed by atoms with Gasteiger partial charge in [-0.2, -0.15) is 16.4 Å². The molecule has 2 aromatic heterocycles. The Bertz CT molecular complexity index is 778. The molecule has 1 amide bonds. The predicted octanol–water partition coefficient (Wildman–Crippen LogP) is 2.63. The lowest BCUT2D eigenvalue weighted by molar-refractivity contribution is 0.0530. The van der Waals surface area contributed by atoms with Crippen LogP contribution in [0.5, 0.6) is 0 Å². The van der Waals surface area contributed by atoms with Gasteiger partial charge in [0.15, 0.2) is 0 Å². The fourth-order valence-electron chi connectivity index (χ4n) is 2.37. The van der Waals surface area contributed by atoms with E-state index < -0.39 is 5.60 Å². The third-order valence-electron chi connectivity index (χ3n) is 3.86. The quantitative estimate of drug-likeness (QED) is 0.724. The summed E-state index contributed by atoms with van der Waals surface area (Å²) in [5, 5.41) is 21.2. The van der Waals surface area contributed by atoms with Crippen LogP contribution < -0.4 is 5.32 Å². The Morgan fingerprint density at radius 1 is 1.33 bits per heavy atom. The first-order chi connectivity index (χ1) is 11.5. The second-order valence-electron chi connectivity index (χ2n) is 5.87. The van der Waals surface area contributed by atoms with E-state index in [0.29, 0.717) is 12.1 Å². The monoisotopic (exact) mass is 341 g/mol. The van der Waals surface area contributed by atoms with Crippen LogP contribution in [0.3, 0.4) is 0 Å². The molecule has 5 nitrogen and oxygen atoms in total. The number of thiophene rings is 1. The Morgan fingerprint density at radius 3 is 2.75 bits per heavy atom. The van der Waals surface area contributed by atoms with Gasteiger partial charge in [0.05, 0.1) is 13.1 Å². The first-order valence-electron chi connectivity index (χ1n) is 7.64. The first-order valence-corrected chi connectivity index (χ1v) is 8.58. The van der Waals surface area contributed by atoms with Crippen LogP contribution in [-0.2, 0) is 12.1 Å². The Labute approximate surface area is 144 Å². The van der Waals surface area contributed by atoms with Crippen LogP contribution in [-0.4, -0.2) is 27.3 Å². The highest BCUT2D eigenvalue weighted by molar-refractivity contribution is 7.08. The lowest BCUT2D eigenvalue weighted by atomic mass is 9.99. The SMILES string of the molecule is C[C@](O)(CNC(=O)c1ccc(Cn2cccn2)cc1)c1ccsc1. The molecule has 0 fully saturated rings. The van der Waals surface area contributed by atoms with Crippen molar-refractivity contribution in [2.24, 2.45) is 0 Å². The number of hydrogen-bond donors (Lipinski definition) is 2. The Morgan fingerprint density at radius 2 is 2.12 bits per heavy atom. The largest absolute Gasteiger partial charge is 0.384 e. The Kier molecular flexibility index (Phi) is 4.78. The molecular weight excluding hydrogens is 322 g/mol. The molecule has 3 aromatic rings. The molecule has 2 N–H and O–H groups in total. The highest BCUT2D eigenvalue weighted by Gasteiger charge is 2.24. The standard InChI is InChI=1S/C18H19N3O2S/c1-18(23,16-7-10-24-12-16)13-19-17(22)15-5-3-14(4-6-15)11-21-9-2-8-20-21/h2-10,12,23H,11,13H2,1H3,(H,19,22)/t18-/m0/s1. The van der Waals surface area contributed by atoms with Crippen LogP contribution in [0.15, 0.2) is 59.6 Å². The van der Waals surface area contributed by atoms with E-state index in [1.165, 1.54) is 11.3 Å². The molecule has 1 aromatic carbocycles. The maximum absolute atomic E-state index is 12.3. The van der Waals surface area contributed by atoms with Crippen molar-refractivity contribution >= 4 is 17.2 Å². The van der Waals surface area contributed by atoms with Gasteiger partial charge in [0, 0.05) is 18.0 Å². The number of aromatic nitrogens is 2. The summed E-state index contributed by atoms with van der Waals surface area (Å²) in [6.45, 7) is 2.53. The van der Waals surface area contributed by atoms with Crippen LogP contribution in [0.1, 0.15) is 28.4 Å². The average molecular weight is 341 g/mol. The fourth-order valence-corrected chi connectivity index (χ4v) is 3.15. The number of amides is 1. The molecule has 1 atom stereocenters. The van der Waals surface area contributed by atoms with Gasteiger partial charge in [0.1, 0.15) is 5.60 Å². The third kappa shape index (κ3) is 3.90. The fraction of sp³-hybridized carbons (Fsp3) is 0.222. The van der Waals surface area contributed by atoms with Gasteiger partial charge in [-0.25, -0.2) is 0 Å². The molecule has 124 valence electrons. The minimum absolute atomic E-state index is 0.164. The van der Waals surface area contributed by atoms with Crippen LogP contribution >= 0.6 is 11.3 Å². The van der Waals surface area contributed by atoms with Gasteiger partial charge in [0.2, 0.25) is 0 Å². The zero-order valence-corrected chi connectivity index (χ0v) is 14.2. The van der Waals surface area contributed by atoms with E-state index in [4.69, 9.17) is 0 Å². The molecule has 6 heteroatoms. The maximum atomic E-state index is 12.3. The summed E-state index contributed by atoms with van der Waals surface area (Å²) >= 11 is 1.52. The molecule has 0 spiro atoms. The third-order valence-corrected chi connectivity index (χ3v) is 4.54. The predicted molar refractivity (Wildman–Crippen MR) is 94.0 cm³/mol. The van der Waals surface area contributed by atoms with E-state index in [-0.39, 0.29) is 12.5 Å². The minimum Gasteiger partial charge on any atom is -0.384 e. The molecule has 24 heavy (non-hydrogen) atoms. The van der Waals surface area contributed by atoms with Gasteiger partial charge in [-0.05, 0) is 53.1 Å². The summed E-state index contributed by atoms with van der Waals surface area (Å²) in [7, 11) is 0. The lowest BCUT2D eigenvalue weighted by Gasteiger charge is -2.22. The number of rotatable bonds is 6. The topological polar surface area (TPSA) is 67.2 Å². The van der Waals surface area contributed by atoms with Gasteiger partial charge in [-0.1, -0.05) is 12.1 Å². The van der Waals surface area contributed by atoms with Gasteiger partial charge < -0.3 is 10.4 Å². The summed E-state index contributed by atoms with van der Waals surface area (Å²) in [6, 6.07) is 11.1. The van der Waals surface area contributed by atoms with Crippen LogP contribution in [0.4, 0.5) is 0 Å². The summed E-state index contributed by atoms with van der Waals surface area (Å²) in [6.07, 6.45) is 3.63. The lowest BCUT2D eigenvalue weighted by Crippen LogP contribution is -2.38.